The fourth-order valence-corrected chi connectivity index (χ4v) is 2.40. The minimum atomic E-state index is 0.153. The summed E-state index contributed by atoms with van der Waals surface area (Å²) in [5.41, 5.74) is 1.92. The summed E-state index contributed by atoms with van der Waals surface area (Å²) in [6, 6.07) is 3.87. The van der Waals surface area contributed by atoms with E-state index < -0.39 is 0 Å². The molecular weight excluding hydrogens is 236 g/mol. The number of pyridine rings is 1. The molecule has 1 unspecified atom stereocenters. The molecule has 1 amide bonds. The van der Waals surface area contributed by atoms with Gasteiger partial charge in [-0.3, -0.25) is 9.78 Å². The molecule has 0 radical (unpaired) electrons. The standard InChI is InChI=1S/C13H17ClN2O/c1-9-12(14)5-6-13(15-9)11-4-3-7-16(8-11)10(2)17/h5-6,11H,3-4,7-8H2,1-2H3. The summed E-state index contributed by atoms with van der Waals surface area (Å²) in [5.74, 6) is 0.504. The maximum absolute atomic E-state index is 11.4. The highest BCUT2D eigenvalue weighted by Gasteiger charge is 2.23. The predicted octanol–water partition coefficient (Wildman–Crippen LogP) is 2.77. The second-order valence-electron chi connectivity index (χ2n) is 4.61. The summed E-state index contributed by atoms with van der Waals surface area (Å²) < 4.78 is 0. The molecule has 1 fully saturated rings. The van der Waals surface area contributed by atoms with Crippen molar-refractivity contribution in [2.24, 2.45) is 0 Å². The quantitative estimate of drug-likeness (QED) is 0.770. The van der Waals surface area contributed by atoms with Gasteiger partial charge in [-0.1, -0.05) is 11.6 Å². The maximum Gasteiger partial charge on any atom is 0.219 e. The Kier molecular flexibility index (Phi) is 3.67. The lowest BCUT2D eigenvalue weighted by Crippen LogP contribution is -2.37. The van der Waals surface area contributed by atoms with Gasteiger partial charge in [-0.05, 0) is 31.9 Å². The van der Waals surface area contributed by atoms with Crippen molar-refractivity contribution in [1.82, 2.24) is 9.88 Å². The number of hydrogen-bond acceptors (Lipinski definition) is 2. The van der Waals surface area contributed by atoms with Gasteiger partial charge >= 0.3 is 0 Å². The molecule has 92 valence electrons. The summed E-state index contributed by atoms with van der Waals surface area (Å²) in [6.07, 6.45) is 2.14. The summed E-state index contributed by atoms with van der Waals surface area (Å²) in [5, 5.41) is 0.702. The Labute approximate surface area is 107 Å². The number of carbonyl (C=O) groups is 1. The Bertz CT molecular complexity index is 433. The molecule has 0 saturated carbocycles. The fourth-order valence-electron chi connectivity index (χ4n) is 2.30. The average molecular weight is 253 g/mol. The van der Waals surface area contributed by atoms with Crippen LogP contribution in [0, 0.1) is 6.92 Å². The number of aryl methyl sites for hydroxylation is 1. The van der Waals surface area contributed by atoms with Crippen LogP contribution in [-0.2, 0) is 4.79 Å². The monoisotopic (exact) mass is 252 g/mol. The van der Waals surface area contributed by atoms with Crippen molar-refractivity contribution in [1.29, 1.82) is 0 Å². The minimum absolute atomic E-state index is 0.153. The smallest absolute Gasteiger partial charge is 0.219 e. The van der Waals surface area contributed by atoms with Crippen LogP contribution in [0.2, 0.25) is 5.02 Å². The van der Waals surface area contributed by atoms with Gasteiger partial charge in [0.15, 0.2) is 0 Å². The van der Waals surface area contributed by atoms with Crippen LogP contribution in [0.15, 0.2) is 12.1 Å². The third kappa shape index (κ3) is 2.78. The van der Waals surface area contributed by atoms with E-state index >= 15 is 0 Å². The Hall–Kier alpha value is -1.09. The van der Waals surface area contributed by atoms with E-state index in [4.69, 9.17) is 11.6 Å². The Balaban J connectivity index is 2.16. The summed E-state index contributed by atoms with van der Waals surface area (Å²) >= 11 is 5.97. The molecule has 1 aliphatic heterocycles. The molecule has 4 heteroatoms. The number of piperidine rings is 1. The first-order valence-electron chi connectivity index (χ1n) is 5.96. The molecule has 2 heterocycles. The van der Waals surface area contributed by atoms with E-state index in [1.54, 1.807) is 6.92 Å². The van der Waals surface area contributed by atoms with Crippen LogP contribution in [0.25, 0.3) is 0 Å². The lowest BCUT2D eigenvalue weighted by atomic mass is 9.94. The number of nitrogens with zero attached hydrogens (tertiary/aromatic N) is 2. The van der Waals surface area contributed by atoms with Crippen molar-refractivity contribution in [3.05, 3.63) is 28.5 Å². The van der Waals surface area contributed by atoms with E-state index in [1.807, 2.05) is 24.0 Å². The number of rotatable bonds is 1. The van der Waals surface area contributed by atoms with Crippen molar-refractivity contribution in [2.75, 3.05) is 13.1 Å². The van der Waals surface area contributed by atoms with Crippen molar-refractivity contribution < 1.29 is 4.79 Å². The van der Waals surface area contributed by atoms with E-state index in [0.29, 0.717) is 10.9 Å². The van der Waals surface area contributed by atoms with Crippen LogP contribution in [0.4, 0.5) is 0 Å². The van der Waals surface area contributed by atoms with Gasteiger partial charge in [0.05, 0.1) is 10.7 Å². The highest BCUT2D eigenvalue weighted by molar-refractivity contribution is 6.31. The van der Waals surface area contributed by atoms with Gasteiger partial charge in [-0.15, -0.1) is 0 Å². The number of hydrogen-bond donors (Lipinski definition) is 0. The minimum Gasteiger partial charge on any atom is -0.342 e. The number of amides is 1. The molecule has 0 spiro atoms. The van der Waals surface area contributed by atoms with Crippen molar-refractivity contribution in [3.63, 3.8) is 0 Å². The number of aromatic nitrogens is 1. The first-order chi connectivity index (χ1) is 8.08. The first-order valence-corrected chi connectivity index (χ1v) is 6.34. The van der Waals surface area contributed by atoms with Gasteiger partial charge in [0.25, 0.3) is 0 Å². The fraction of sp³-hybridized carbons (Fsp3) is 0.538. The van der Waals surface area contributed by atoms with Crippen LogP contribution >= 0.6 is 11.6 Å². The largest absolute Gasteiger partial charge is 0.342 e. The van der Waals surface area contributed by atoms with Gasteiger partial charge in [0, 0.05) is 31.6 Å². The third-order valence-corrected chi connectivity index (χ3v) is 3.73. The third-order valence-electron chi connectivity index (χ3n) is 3.33. The maximum atomic E-state index is 11.4. The molecule has 0 N–H and O–H groups in total. The van der Waals surface area contributed by atoms with Crippen LogP contribution < -0.4 is 0 Å². The van der Waals surface area contributed by atoms with E-state index in [1.165, 1.54) is 0 Å². The van der Waals surface area contributed by atoms with E-state index in [0.717, 1.165) is 37.3 Å². The zero-order valence-corrected chi connectivity index (χ0v) is 11.0. The van der Waals surface area contributed by atoms with Gasteiger partial charge in [0.1, 0.15) is 0 Å². The molecule has 1 saturated heterocycles. The van der Waals surface area contributed by atoms with Gasteiger partial charge in [-0.25, -0.2) is 0 Å². The van der Waals surface area contributed by atoms with Gasteiger partial charge < -0.3 is 4.90 Å². The molecule has 0 aromatic carbocycles. The van der Waals surface area contributed by atoms with Gasteiger partial charge in [0.2, 0.25) is 5.91 Å². The molecule has 1 aromatic heterocycles. The second-order valence-corrected chi connectivity index (χ2v) is 5.01. The molecule has 1 aromatic rings. The summed E-state index contributed by atoms with van der Waals surface area (Å²) in [4.78, 5) is 17.8. The van der Waals surface area contributed by atoms with Crippen molar-refractivity contribution in [3.8, 4) is 0 Å². The normalized spacial score (nSPS) is 20.4. The van der Waals surface area contributed by atoms with Gasteiger partial charge in [-0.2, -0.15) is 0 Å². The van der Waals surface area contributed by atoms with Crippen LogP contribution in [0.1, 0.15) is 37.1 Å². The topological polar surface area (TPSA) is 33.2 Å². The molecule has 1 aliphatic rings. The molecule has 3 nitrogen and oxygen atoms in total. The van der Waals surface area contributed by atoms with Crippen molar-refractivity contribution >= 4 is 17.5 Å². The molecule has 2 rings (SSSR count). The van der Waals surface area contributed by atoms with E-state index in [2.05, 4.69) is 4.98 Å². The average Bonchev–Trinajstić information content (AvgIpc) is 2.33. The SMILES string of the molecule is CC(=O)N1CCCC(c2ccc(Cl)c(C)n2)C1. The van der Waals surface area contributed by atoms with Crippen molar-refractivity contribution in [2.45, 2.75) is 32.6 Å². The van der Waals surface area contributed by atoms with Crippen LogP contribution in [-0.4, -0.2) is 28.9 Å². The lowest BCUT2D eigenvalue weighted by molar-refractivity contribution is -0.130. The zero-order chi connectivity index (χ0) is 12.4. The highest BCUT2D eigenvalue weighted by atomic mass is 35.5. The summed E-state index contributed by atoms with van der Waals surface area (Å²) in [6.45, 7) is 5.20. The van der Waals surface area contributed by atoms with Crippen LogP contribution in [0.3, 0.4) is 0 Å². The number of carbonyl (C=O) groups excluding carboxylic acids is 1. The molecular formula is C13H17ClN2O. The first kappa shape index (κ1) is 12.4. The Morgan fingerprint density at radius 1 is 1.53 bits per heavy atom. The zero-order valence-electron chi connectivity index (χ0n) is 10.2. The molecule has 1 atom stereocenters. The number of likely N-dealkylation sites (tertiary alicyclic amines) is 1. The lowest BCUT2D eigenvalue weighted by Gasteiger charge is -2.31. The molecule has 17 heavy (non-hydrogen) atoms. The summed E-state index contributed by atoms with van der Waals surface area (Å²) in [7, 11) is 0. The van der Waals surface area contributed by atoms with Crippen LogP contribution in [0.5, 0.6) is 0 Å². The second kappa shape index (κ2) is 5.05. The predicted molar refractivity (Wildman–Crippen MR) is 68.2 cm³/mol. The molecule has 0 aliphatic carbocycles. The molecule has 0 bridgehead atoms. The van der Waals surface area contributed by atoms with E-state index in [9.17, 15) is 4.79 Å². The van der Waals surface area contributed by atoms with E-state index in [-0.39, 0.29) is 5.91 Å². The Morgan fingerprint density at radius 2 is 2.29 bits per heavy atom. The highest BCUT2D eigenvalue weighted by Crippen LogP contribution is 2.27. The Morgan fingerprint density at radius 3 is 2.94 bits per heavy atom. The number of halogens is 1.